The van der Waals surface area contributed by atoms with Gasteiger partial charge in [0.15, 0.2) is 0 Å². The number of rotatable bonds is 8. The molecule has 0 spiro atoms. The fourth-order valence-electron chi connectivity index (χ4n) is 2.55. The summed E-state index contributed by atoms with van der Waals surface area (Å²) in [5.74, 6) is 0.343. The van der Waals surface area contributed by atoms with Gasteiger partial charge in [0.25, 0.3) is 0 Å². The second kappa shape index (κ2) is 10.6. The number of benzene rings is 2. The van der Waals surface area contributed by atoms with E-state index in [1.807, 2.05) is 36.4 Å². The Morgan fingerprint density at radius 3 is 2.44 bits per heavy atom. The molecular weight excluding hydrogens is 403 g/mol. The predicted octanol–water partition coefficient (Wildman–Crippen LogP) is 4.64. The lowest BCUT2D eigenvalue weighted by Crippen LogP contribution is -2.46. The Morgan fingerprint density at radius 1 is 1.11 bits per heavy atom. The largest absolute Gasteiger partial charge is 0.357 e. The van der Waals surface area contributed by atoms with Gasteiger partial charge in [0.2, 0.25) is 11.8 Å². The minimum atomic E-state index is -0.568. The monoisotopic (exact) mass is 424 g/mol. The quantitative estimate of drug-likeness (QED) is 0.627. The van der Waals surface area contributed by atoms with E-state index >= 15 is 0 Å². The van der Waals surface area contributed by atoms with Gasteiger partial charge in [-0.2, -0.15) is 0 Å². The first kappa shape index (κ1) is 21.6. The Kier molecular flexibility index (Phi) is 8.48. The van der Waals surface area contributed by atoms with Gasteiger partial charge < -0.3 is 10.2 Å². The Balaban J connectivity index is 2.03. The van der Waals surface area contributed by atoms with Crippen molar-refractivity contribution in [1.82, 2.24) is 10.2 Å². The fourth-order valence-corrected chi connectivity index (χ4v) is 3.73. The van der Waals surface area contributed by atoms with E-state index in [-0.39, 0.29) is 11.8 Å². The Morgan fingerprint density at radius 2 is 1.81 bits per heavy atom. The Bertz CT molecular complexity index is 784. The molecule has 0 aliphatic carbocycles. The molecule has 2 aromatic rings. The summed E-state index contributed by atoms with van der Waals surface area (Å²) in [7, 11) is 1.57. The van der Waals surface area contributed by atoms with Gasteiger partial charge in [0.05, 0.1) is 0 Å². The van der Waals surface area contributed by atoms with E-state index in [1.54, 1.807) is 42.8 Å². The van der Waals surface area contributed by atoms with Gasteiger partial charge in [-0.15, -0.1) is 11.8 Å². The van der Waals surface area contributed by atoms with Crippen LogP contribution in [0.3, 0.4) is 0 Å². The maximum atomic E-state index is 12.8. The lowest BCUT2D eigenvalue weighted by atomic mass is 10.1. The zero-order valence-electron chi connectivity index (χ0n) is 15.2. The summed E-state index contributed by atoms with van der Waals surface area (Å²) in [5.41, 5.74) is 0.886. The van der Waals surface area contributed by atoms with E-state index in [0.29, 0.717) is 28.8 Å². The third kappa shape index (κ3) is 6.76. The number of amides is 2. The molecule has 0 saturated carbocycles. The van der Waals surface area contributed by atoms with Crippen molar-refractivity contribution in [3.8, 4) is 0 Å². The highest BCUT2D eigenvalue weighted by Gasteiger charge is 2.25. The Labute approximate surface area is 174 Å². The lowest BCUT2D eigenvalue weighted by molar-refractivity contribution is -0.140. The molecule has 0 bridgehead atoms. The van der Waals surface area contributed by atoms with Crippen LogP contribution in [0, 0.1) is 0 Å². The number of carbonyl (C=O) groups excluding carboxylic acids is 2. The molecule has 0 aromatic heterocycles. The first-order chi connectivity index (χ1) is 12.9. The van der Waals surface area contributed by atoms with Crippen LogP contribution in [-0.4, -0.2) is 35.6 Å². The first-order valence-electron chi connectivity index (χ1n) is 8.54. The average molecular weight is 425 g/mol. The van der Waals surface area contributed by atoms with Gasteiger partial charge >= 0.3 is 0 Å². The highest BCUT2D eigenvalue weighted by molar-refractivity contribution is 7.99. The molecule has 0 heterocycles. The minimum Gasteiger partial charge on any atom is -0.357 e. The average Bonchev–Trinajstić information content (AvgIpc) is 2.66. The summed E-state index contributed by atoms with van der Waals surface area (Å²) >= 11 is 13.5. The predicted molar refractivity (Wildman–Crippen MR) is 112 cm³/mol. The van der Waals surface area contributed by atoms with Gasteiger partial charge in [0, 0.05) is 40.7 Å². The van der Waals surface area contributed by atoms with Crippen molar-refractivity contribution in [2.24, 2.45) is 0 Å². The van der Waals surface area contributed by atoms with Crippen LogP contribution in [0.2, 0.25) is 10.0 Å². The lowest BCUT2D eigenvalue weighted by Gasteiger charge is -2.28. The van der Waals surface area contributed by atoms with Crippen molar-refractivity contribution in [3.63, 3.8) is 0 Å². The van der Waals surface area contributed by atoms with Crippen molar-refractivity contribution in [1.29, 1.82) is 0 Å². The highest BCUT2D eigenvalue weighted by Crippen LogP contribution is 2.22. The fraction of sp³-hybridized carbons (Fsp3) is 0.300. The third-order valence-corrected chi connectivity index (χ3v) is 5.55. The standard InChI is InChI=1S/C20H22Cl2N2O2S/c1-14(20(26)23-2)24(13-15-4-3-5-17(22)12-15)19(25)10-11-27-18-8-6-16(21)7-9-18/h3-9,12,14H,10-11,13H2,1-2H3,(H,23,26). The summed E-state index contributed by atoms with van der Waals surface area (Å²) in [6, 6.07) is 14.2. The summed E-state index contributed by atoms with van der Waals surface area (Å²) in [6.45, 7) is 2.06. The smallest absolute Gasteiger partial charge is 0.242 e. The topological polar surface area (TPSA) is 49.4 Å². The molecule has 2 rings (SSSR count). The van der Waals surface area contributed by atoms with E-state index in [9.17, 15) is 9.59 Å². The molecule has 1 atom stereocenters. The van der Waals surface area contributed by atoms with Gasteiger partial charge in [0.1, 0.15) is 6.04 Å². The van der Waals surface area contributed by atoms with Gasteiger partial charge in [-0.1, -0.05) is 35.3 Å². The first-order valence-corrected chi connectivity index (χ1v) is 10.3. The number of carbonyl (C=O) groups is 2. The second-order valence-electron chi connectivity index (χ2n) is 5.99. The van der Waals surface area contributed by atoms with E-state index in [1.165, 1.54) is 0 Å². The van der Waals surface area contributed by atoms with Crippen LogP contribution < -0.4 is 5.32 Å². The molecule has 2 aromatic carbocycles. The van der Waals surface area contributed by atoms with Crippen LogP contribution in [0.1, 0.15) is 18.9 Å². The minimum absolute atomic E-state index is 0.0764. The number of halogens is 2. The zero-order valence-corrected chi connectivity index (χ0v) is 17.6. The molecular formula is C20H22Cl2N2O2S. The normalized spacial score (nSPS) is 11.7. The number of nitrogens with one attached hydrogen (secondary N) is 1. The number of thioether (sulfide) groups is 1. The molecule has 0 fully saturated rings. The number of likely N-dealkylation sites (N-methyl/N-ethyl adjacent to an activating group) is 1. The van der Waals surface area contributed by atoms with Crippen LogP contribution in [0.4, 0.5) is 0 Å². The van der Waals surface area contributed by atoms with Gasteiger partial charge in [-0.3, -0.25) is 9.59 Å². The molecule has 7 heteroatoms. The summed E-state index contributed by atoms with van der Waals surface area (Å²) in [6.07, 6.45) is 0.329. The molecule has 4 nitrogen and oxygen atoms in total. The molecule has 144 valence electrons. The summed E-state index contributed by atoms with van der Waals surface area (Å²) in [4.78, 5) is 27.5. The van der Waals surface area contributed by atoms with Crippen LogP contribution in [0.15, 0.2) is 53.4 Å². The van der Waals surface area contributed by atoms with Crippen molar-refractivity contribution >= 4 is 46.8 Å². The molecule has 27 heavy (non-hydrogen) atoms. The van der Waals surface area contributed by atoms with Crippen molar-refractivity contribution in [2.75, 3.05) is 12.8 Å². The molecule has 0 aliphatic rings. The van der Waals surface area contributed by atoms with Crippen molar-refractivity contribution < 1.29 is 9.59 Å². The molecule has 0 aliphatic heterocycles. The summed E-state index contributed by atoms with van der Waals surface area (Å²) < 4.78 is 0. The van der Waals surface area contributed by atoms with Crippen LogP contribution in [0.25, 0.3) is 0 Å². The summed E-state index contributed by atoms with van der Waals surface area (Å²) in [5, 5.41) is 3.89. The van der Waals surface area contributed by atoms with E-state index in [2.05, 4.69) is 5.32 Å². The molecule has 0 saturated heterocycles. The van der Waals surface area contributed by atoms with E-state index in [4.69, 9.17) is 23.2 Å². The van der Waals surface area contributed by atoms with E-state index < -0.39 is 6.04 Å². The molecule has 1 unspecified atom stereocenters. The molecule has 1 N–H and O–H groups in total. The van der Waals surface area contributed by atoms with Gasteiger partial charge in [-0.25, -0.2) is 0 Å². The maximum absolute atomic E-state index is 12.8. The SMILES string of the molecule is CNC(=O)C(C)N(Cc1cccc(Cl)c1)C(=O)CCSc1ccc(Cl)cc1. The number of hydrogen-bond donors (Lipinski definition) is 1. The van der Waals surface area contributed by atoms with Crippen LogP contribution in [-0.2, 0) is 16.1 Å². The van der Waals surface area contributed by atoms with Crippen LogP contribution >= 0.6 is 35.0 Å². The molecule has 0 radical (unpaired) electrons. The number of hydrogen-bond acceptors (Lipinski definition) is 3. The van der Waals surface area contributed by atoms with E-state index in [0.717, 1.165) is 10.5 Å². The molecule has 2 amide bonds. The highest BCUT2D eigenvalue weighted by atomic mass is 35.5. The van der Waals surface area contributed by atoms with Crippen LogP contribution in [0.5, 0.6) is 0 Å². The number of nitrogens with zero attached hydrogens (tertiary/aromatic N) is 1. The third-order valence-electron chi connectivity index (χ3n) is 4.05. The van der Waals surface area contributed by atoms with Crippen molar-refractivity contribution in [3.05, 3.63) is 64.1 Å². The maximum Gasteiger partial charge on any atom is 0.242 e. The van der Waals surface area contributed by atoms with Gasteiger partial charge in [-0.05, 0) is 48.9 Å². The zero-order chi connectivity index (χ0) is 19.8. The second-order valence-corrected chi connectivity index (χ2v) is 8.04. The van der Waals surface area contributed by atoms with Crippen molar-refractivity contribution in [2.45, 2.75) is 30.8 Å². The Hall–Kier alpha value is -1.69.